The Morgan fingerprint density at radius 3 is 2.68 bits per heavy atom. The number of nitriles is 1. The van der Waals surface area contributed by atoms with Crippen molar-refractivity contribution in [2.24, 2.45) is 0 Å². The van der Waals surface area contributed by atoms with Crippen molar-refractivity contribution in [2.45, 2.75) is 6.92 Å². The SMILES string of the molecule is C/C=C/c1c(C#N)c2ccccc2n1-c1ccc(O)c(F)c1. The molecule has 0 amide bonds. The quantitative estimate of drug-likeness (QED) is 0.762. The number of aromatic hydroxyl groups is 1. The van der Waals surface area contributed by atoms with Crippen molar-refractivity contribution in [3.63, 3.8) is 0 Å². The first-order valence-electron chi connectivity index (χ1n) is 6.82. The van der Waals surface area contributed by atoms with Crippen LogP contribution in [0.2, 0.25) is 0 Å². The van der Waals surface area contributed by atoms with E-state index in [1.165, 1.54) is 12.1 Å². The van der Waals surface area contributed by atoms with Gasteiger partial charge in [0.05, 0.1) is 16.8 Å². The Labute approximate surface area is 127 Å². The number of hydrogen-bond acceptors (Lipinski definition) is 2. The molecular formula is C18H13FN2O. The molecule has 0 fully saturated rings. The van der Waals surface area contributed by atoms with Crippen LogP contribution in [0.5, 0.6) is 5.75 Å². The molecule has 22 heavy (non-hydrogen) atoms. The summed E-state index contributed by atoms with van der Waals surface area (Å²) in [5, 5.41) is 19.7. The molecular weight excluding hydrogens is 279 g/mol. The van der Waals surface area contributed by atoms with Crippen molar-refractivity contribution >= 4 is 17.0 Å². The van der Waals surface area contributed by atoms with E-state index in [0.717, 1.165) is 10.9 Å². The van der Waals surface area contributed by atoms with Crippen molar-refractivity contribution in [1.29, 1.82) is 5.26 Å². The van der Waals surface area contributed by atoms with E-state index in [0.29, 0.717) is 16.9 Å². The Hall–Kier alpha value is -3.06. The van der Waals surface area contributed by atoms with Gasteiger partial charge in [-0.15, -0.1) is 0 Å². The molecule has 3 nitrogen and oxygen atoms in total. The molecule has 3 aromatic rings. The number of fused-ring (bicyclic) bond motifs is 1. The van der Waals surface area contributed by atoms with Gasteiger partial charge in [0.25, 0.3) is 0 Å². The first kappa shape index (κ1) is 13.9. The van der Waals surface area contributed by atoms with Crippen LogP contribution in [0.25, 0.3) is 22.7 Å². The van der Waals surface area contributed by atoms with E-state index in [4.69, 9.17) is 0 Å². The van der Waals surface area contributed by atoms with E-state index < -0.39 is 11.6 Å². The minimum atomic E-state index is -0.694. The number of phenols is 1. The molecule has 0 spiro atoms. The zero-order chi connectivity index (χ0) is 15.7. The van der Waals surface area contributed by atoms with Gasteiger partial charge in [0.15, 0.2) is 11.6 Å². The standard InChI is InChI=1S/C18H13FN2O/c1-2-5-16-14(11-20)13-6-3-4-7-17(13)21(16)12-8-9-18(22)15(19)10-12/h2-10,22H,1H3/b5-2+. The highest BCUT2D eigenvalue weighted by Gasteiger charge is 2.16. The van der Waals surface area contributed by atoms with E-state index in [1.807, 2.05) is 47.9 Å². The van der Waals surface area contributed by atoms with Crippen LogP contribution in [-0.2, 0) is 0 Å². The lowest BCUT2D eigenvalue weighted by molar-refractivity contribution is 0.432. The fourth-order valence-electron chi connectivity index (χ4n) is 2.61. The zero-order valence-electron chi connectivity index (χ0n) is 11.9. The van der Waals surface area contributed by atoms with Crippen molar-refractivity contribution in [3.05, 3.63) is 65.6 Å². The Morgan fingerprint density at radius 2 is 2.00 bits per heavy atom. The number of halogens is 1. The first-order chi connectivity index (χ1) is 10.7. The maximum Gasteiger partial charge on any atom is 0.166 e. The van der Waals surface area contributed by atoms with Crippen LogP contribution in [0.4, 0.5) is 4.39 Å². The molecule has 2 aromatic carbocycles. The molecule has 4 heteroatoms. The lowest BCUT2D eigenvalue weighted by Crippen LogP contribution is -1.98. The third-order valence-corrected chi connectivity index (χ3v) is 3.54. The Kier molecular flexibility index (Phi) is 3.40. The van der Waals surface area contributed by atoms with E-state index in [1.54, 1.807) is 6.07 Å². The molecule has 1 aromatic heterocycles. The molecule has 0 atom stereocenters. The van der Waals surface area contributed by atoms with Gasteiger partial charge in [-0.3, -0.25) is 0 Å². The minimum absolute atomic E-state index is 0.395. The fraction of sp³-hybridized carbons (Fsp3) is 0.0556. The number of hydrogen-bond donors (Lipinski definition) is 1. The molecule has 0 radical (unpaired) electrons. The molecule has 0 aliphatic rings. The summed E-state index contributed by atoms with van der Waals surface area (Å²) in [5.74, 6) is -1.09. The second kappa shape index (κ2) is 5.38. The van der Waals surface area contributed by atoms with E-state index in [9.17, 15) is 14.8 Å². The van der Waals surface area contributed by atoms with Crippen LogP contribution >= 0.6 is 0 Å². The summed E-state index contributed by atoms with van der Waals surface area (Å²) in [7, 11) is 0. The predicted octanol–water partition coefficient (Wildman–Crippen LogP) is 4.38. The summed E-state index contributed by atoms with van der Waals surface area (Å²) >= 11 is 0. The van der Waals surface area contributed by atoms with E-state index in [-0.39, 0.29) is 0 Å². The summed E-state index contributed by atoms with van der Waals surface area (Å²) in [6.07, 6.45) is 3.66. The number of benzene rings is 2. The highest BCUT2D eigenvalue weighted by molar-refractivity contribution is 5.92. The van der Waals surface area contributed by atoms with E-state index in [2.05, 4.69) is 6.07 Å². The smallest absolute Gasteiger partial charge is 0.166 e. The van der Waals surface area contributed by atoms with Crippen LogP contribution in [0.1, 0.15) is 18.2 Å². The number of rotatable bonds is 2. The van der Waals surface area contributed by atoms with Crippen LogP contribution in [0, 0.1) is 17.1 Å². The van der Waals surface area contributed by atoms with Crippen molar-refractivity contribution in [2.75, 3.05) is 0 Å². The first-order valence-corrected chi connectivity index (χ1v) is 6.82. The van der Waals surface area contributed by atoms with Crippen LogP contribution in [-0.4, -0.2) is 9.67 Å². The molecule has 0 aliphatic heterocycles. The molecule has 0 bridgehead atoms. The summed E-state index contributed by atoms with van der Waals surface area (Å²) in [4.78, 5) is 0. The molecule has 0 saturated heterocycles. The summed E-state index contributed by atoms with van der Waals surface area (Å²) in [6.45, 7) is 1.86. The largest absolute Gasteiger partial charge is 0.505 e. The number of allylic oxidation sites excluding steroid dienone is 1. The monoisotopic (exact) mass is 292 g/mol. The minimum Gasteiger partial charge on any atom is -0.505 e. The van der Waals surface area contributed by atoms with Gasteiger partial charge in [0.1, 0.15) is 6.07 Å². The Morgan fingerprint density at radius 1 is 1.23 bits per heavy atom. The van der Waals surface area contributed by atoms with Gasteiger partial charge in [0, 0.05) is 17.1 Å². The number of para-hydroxylation sites is 1. The molecule has 0 saturated carbocycles. The second-order valence-electron chi connectivity index (χ2n) is 4.86. The molecule has 0 unspecified atom stereocenters. The van der Waals surface area contributed by atoms with Crippen LogP contribution < -0.4 is 0 Å². The van der Waals surface area contributed by atoms with Crippen molar-refractivity contribution in [1.82, 2.24) is 4.57 Å². The molecule has 1 N–H and O–H groups in total. The van der Waals surface area contributed by atoms with E-state index >= 15 is 0 Å². The van der Waals surface area contributed by atoms with Gasteiger partial charge in [-0.05, 0) is 31.2 Å². The van der Waals surface area contributed by atoms with Gasteiger partial charge < -0.3 is 9.67 Å². The second-order valence-corrected chi connectivity index (χ2v) is 4.86. The maximum absolute atomic E-state index is 13.7. The summed E-state index contributed by atoms with van der Waals surface area (Å²) in [5.41, 5.74) is 2.61. The third kappa shape index (κ3) is 2.04. The maximum atomic E-state index is 13.7. The molecule has 1 heterocycles. The highest BCUT2D eigenvalue weighted by atomic mass is 19.1. The average molecular weight is 292 g/mol. The number of nitrogens with zero attached hydrogens (tertiary/aromatic N) is 2. The topological polar surface area (TPSA) is 49.0 Å². The third-order valence-electron chi connectivity index (χ3n) is 3.54. The van der Waals surface area contributed by atoms with Crippen molar-refractivity contribution in [3.8, 4) is 17.5 Å². The normalized spacial score (nSPS) is 11.1. The summed E-state index contributed by atoms with van der Waals surface area (Å²) < 4.78 is 15.5. The molecule has 0 aliphatic carbocycles. The van der Waals surface area contributed by atoms with Gasteiger partial charge in [0.2, 0.25) is 0 Å². The predicted molar refractivity (Wildman–Crippen MR) is 84.3 cm³/mol. The lowest BCUT2D eigenvalue weighted by atomic mass is 10.1. The highest BCUT2D eigenvalue weighted by Crippen LogP contribution is 2.31. The van der Waals surface area contributed by atoms with Gasteiger partial charge in [-0.2, -0.15) is 5.26 Å². The number of aromatic nitrogens is 1. The average Bonchev–Trinajstić information content (AvgIpc) is 2.84. The molecule has 108 valence electrons. The number of phenolic OH excluding ortho intramolecular Hbond substituents is 1. The molecule has 3 rings (SSSR count). The Bertz CT molecular complexity index is 932. The van der Waals surface area contributed by atoms with Crippen LogP contribution in [0.15, 0.2) is 48.5 Å². The lowest BCUT2D eigenvalue weighted by Gasteiger charge is -2.09. The van der Waals surface area contributed by atoms with Gasteiger partial charge in [-0.1, -0.05) is 24.3 Å². The van der Waals surface area contributed by atoms with Crippen LogP contribution in [0.3, 0.4) is 0 Å². The van der Waals surface area contributed by atoms with Gasteiger partial charge in [-0.25, -0.2) is 4.39 Å². The van der Waals surface area contributed by atoms with Crippen molar-refractivity contribution < 1.29 is 9.50 Å². The Balaban J connectivity index is 2.44. The van der Waals surface area contributed by atoms with Gasteiger partial charge >= 0.3 is 0 Å². The zero-order valence-corrected chi connectivity index (χ0v) is 11.9. The summed E-state index contributed by atoms with van der Waals surface area (Å²) in [6, 6.07) is 13.9. The fourth-order valence-corrected chi connectivity index (χ4v) is 2.61.